The summed E-state index contributed by atoms with van der Waals surface area (Å²) < 4.78 is 0. The second-order valence-electron chi connectivity index (χ2n) is 6.53. The van der Waals surface area contributed by atoms with E-state index in [0.717, 1.165) is 11.8 Å². The standard InChI is InChI=1S/C16H34N2/c1-7-9-15-11-18(14(6)13(5)8-2)16(10-17-15)12(3)4/h12-17H,7-11H2,1-6H3. The molecule has 4 unspecified atom stereocenters. The van der Waals surface area contributed by atoms with E-state index in [1.54, 1.807) is 0 Å². The van der Waals surface area contributed by atoms with Crippen molar-refractivity contribution < 1.29 is 0 Å². The lowest BCUT2D eigenvalue weighted by molar-refractivity contribution is 0.0381. The third kappa shape index (κ3) is 3.96. The predicted molar refractivity (Wildman–Crippen MR) is 80.9 cm³/mol. The van der Waals surface area contributed by atoms with Crippen LogP contribution >= 0.6 is 0 Å². The second kappa shape index (κ2) is 7.49. The number of nitrogens with one attached hydrogen (secondary N) is 1. The molecule has 1 N–H and O–H groups in total. The summed E-state index contributed by atoms with van der Waals surface area (Å²) in [5.74, 6) is 1.54. The van der Waals surface area contributed by atoms with E-state index >= 15 is 0 Å². The van der Waals surface area contributed by atoms with Crippen molar-refractivity contribution in [3.05, 3.63) is 0 Å². The number of piperazine rings is 1. The Morgan fingerprint density at radius 1 is 1.17 bits per heavy atom. The van der Waals surface area contributed by atoms with Crippen molar-refractivity contribution >= 4 is 0 Å². The van der Waals surface area contributed by atoms with Gasteiger partial charge in [0.15, 0.2) is 0 Å². The minimum atomic E-state index is 0.705. The van der Waals surface area contributed by atoms with Crippen LogP contribution in [0, 0.1) is 11.8 Å². The molecule has 0 saturated carbocycles. The van der Waals surface area contributed by atoms with Gasteiger partial charge in [-0.15, -0.1) is 0 Å². The maximum Gasteiger partial charge on any atom is 0.0247 e. The molecule has 0 aliphatic carbocycles. The Bertz CT molecular complexity index is 227. The summed E-state index contributed by atoms with van der Waals surface area (Å²) in [5, 5.41) is 3.75. The lowest BCUT2D eigenvalue weighted by Crippen LogP contribution is -2.61. The van der Waals surface area contributed by atoms with Gasteiger partial charge in [0.2, 0.25) is 0 Å². The van der Waals surface area contributed by atoms with Gasteiger partial charge in [-0.05, 0) is 25.2 Å². The zero-order valence-electron chi connectivity index (χ0n) is 13.4. The van der Waals surface area contributed by atoms with Crippen LogP contribution in [-0.2, 0) is 0 Å². The van der Waals surface area contributed by atoms with E-state index < -0.39 is 0 Å². The molecule has 1 heterocycles. The average molecular weight is 254 g/mol. The molecule has 108 valence electrons. The zero-order chi connectivity index (χ0) is 13.7. The highest BCUT2D eigenvalue weighted by atomic mass is 15.3. The minimum Gasteiger partial charge on any atom is -0.311 e. The van der Waals surface area contributed by atoms with Crippen molar-refractivity contribution in [2.75, 3.05) is 13.1 Å². The monoisotopic (exact) mass is 254 g/mol. The molecule has 0 amide bonds. The van der Waals surface area contributed by atoms with Gasteiger partial charge in [-0.2, -0.15) is 0 Å². The van der Waals surface area contributed by atoms with Gasteiger partial charge in [0.25, 0.3) is 0 Å². The topological polar surface area (TPSA) is 15.3 Å². The Morgan fingerprint density at radius 2 is 1.83 bits per heavy atom. The first-order valence-electron chi connectivity index (χ1n) is 8.00. The summed E-state index contributed by atoms with van der Waals surface area (Å²) in [7, 11) is 0. The first-order chi connectivity index (χ1) is 8.51. The third-order valence-electron chi connectivity index (χ3n) is 4.87. The number of rotatable bonds is 6. The molecule has 18 heavy (non-hydrogen) atoms. The average Bonchev–Trinajstić information content (AvgIpc) is 2.37. The van der Waals surface area contributed by atoms with Gasteiger partial charge in [0.1, 0.15) is 0 Å². The van der Waals surface area contributed by atoms with Gasteiger partial charge in [0, 0.05) is 31.2 Å². The molecule has 0 radical (unpaired) electrons. The molecule has 0 spiro atoms. The largest absolute Gasteiger partial charge is 0.311 e. The van der Waals surface area contributed by atoms with Gasteiger partial charge < -0.3 is 5.32 Å². The van der Waals surface area contributed by atoms with E-state index in [9.17, 15) is 0 Å². The fourth-order valence-corrected chi connectivity index (χ4v) is 3.16. The van der Waals surface area contributed by atoms with Crippen LogP contribution in [0.5, 0.6) is 0 Å². The van der Waals surface area contributed by atoms with Crippen LogP contribution in [0.4, 0.5) is 0 Å². The lowest BCUT2D eigenvalue weighted by atomic mass is 9.91. The quantitative estimate of drug-likeness (QED) is 0.780. The Labute approximate surface area is 115 Å². The fourth-order valence-electron chi connectivity index (χ4n) is 3.16. The van der Waals surface area contributed by atoms with Crippen LogP contribution in [0.2, 0.25) is 0 Å². The van der Waals surface area contributed by atoms with Gasteiger partial charge in [-0.25, -0.2) is 0 Å². The van der Waals surface area contributed by atoms with Crippen LogP contribution in [0.1, 0.15) is 60.8 Å². The fraction of sp³-hybridized carbons (Fsp3) is 1.00. The van der Waals surface area contributed by atoms with Crippen molar-refractivity contribution in [1.82, 2.24) is 10.2 Å². The third-order valence-corrected chi connectivity index (χ3v) is 4.87. The molecule has 0 aromatic heterocycles. The molecule has 1 aliphatic heterocycles. The van der Waals surface area contributed by atoms with Crippen molar-refractivity contribution in [2.24, 2.45) is 11.8 Å². The summed E-state index contributed by atoms with van der Waals surface area (Å²) >= 11 is 0. The molecule has 1 fully saturated rings. The Morgan fingerprint density at radius 3 is 2.33 bits per heavy atom. The Hall–Kier alpha value is -0.0800. The summed E-state index contributed by atoms with van der Waals surface area (Å²) in [6.45, 7) is 16.6. The molecule has 1 rings (SSSR count). The minimum absolute atomic E-state index is 0.705. The highest BCUT2D eigenvalue weighted by molar-refractivity contribution is 4.91. The Kier molecular flexibility index (Phi) is 6.65. The predicted octanol–water partition coefficient (Wildman–Crippen LogP) is 3.52. The van der Waals surface area contributed by atoms with Gasteiger partial charge in [-0.3, -0.25) is 4.90 Å². The van der Waals surface area contributed by atoms with Crippen molar-refractivity contribution in [3.63, 3.8) is 0 Å². The van der Waals surface area contributed by atoms with Crippen molar-refractivity contribution in [1.29, 1.82) is 0 Å². The van der Waals surface area contributed by atoms with Gasteiger partial charge in [-0.1, -0.05) is 47.5 Å². The van der Waals surface area contributed by atoms with Crippen LogP contribution in [-0.4, -0.2) is 36.1 Å². The van der Waals surface area contributed by atoms with Crippen LogP contribution in [0.3, 0.4) is 0 Å². The molecule has 0 aromatic rings. The summed E-state index contributed by atoms with van der Waals surface area (Å²) in [4.78, 5) is 2.79. The summed E-state index contributed by atoms with van der Waals surface area (Å²) in [5.41, 5.74) is 0. The zero-order valence-corrected chi connectivity index (χ0v) is 13.4. The molecule has 0 aromatic carbocycles. The smallest absolute Gasteiger partial charge is 0.0247 e. The number of hydrogen-bond donors (Lipinski definition) is 1. The normalized spacial score (nSPS) is 29.5. The van der Waals surface area contributed by atoms with Crippen molar-refractivity contribution in [2.45, 2.75) is 78.9 Å². The first-order valence-corrected chi connectivity index (χ1v) is 8.00. The van der Waals surface area contributed by atoms with Crippen LogP contribution < -0.4 is 5.32 Å². The van der Waals surface area contributed by atoms with Crippen molar-refractivity contribution in [3.8, 4) is 0 Å². The van der Waals surface area contributed by atoms with E-state index in [-0.39, 0.29) is 0 Å². The maximum absolute atomic E-state index is 3.75. The van der Waals surface area contributed by atoms with E-state index in [1.807, 2.05) is 0 Å². The van der Waals surface area contributed by atoms with Gasteiger partial charge in [0.05, 0.1) is 0 Å². The lowest BCUT2D eigenvalue weighted by Gasteiger charge is -2.47. The number of nitrogens with zero attached hydrogens (tertiary/aromatic N) is 1. The Balaban J connectivity index is 2.71. The molecule has 2 heteroatoms. The molecule has 1 saturated heterocycles. The van der Waals surface area contributed by atoms with E-state index in [1.165, 1.54) is 32.4 Å². The van der Waals surface area contributed by atoms with E-state index in [2.05, 4.69) is 51.8 Å². The molecular formula is C16H34N2. The maximum atomic E-state index is 3.75. The van der Waals surface area contributed by atoms with Crippen LogP contribution in [0.25, 0.3) is 0 Å². The highest BCUT2D eigenvalue weighted by Gasteiger charge is 2.33. The van der Waals surface area contributed by atoms with E-state index in [0.29, 0.717) is 18.1 Å². The second-order valence-corrected chi connectivity index (χ2v) is 6.53. The highest BCUT2D eigenvalue weighted by Crippen LogP contribution is 2.24. The van der Waals surface area contributed by atoms with Crippen LogP contribution in [0.15, 0.2) is 0 Å². The SMILES string of the molecule is CCCC1CN(C(C)C(C)CC)C(C(C)C)CN1. The number of hydrogen-bond acceptors (Lipinski definition) is 2. The molecular weight excluding hydrogens is 220 g/mol. The summed E-state index contributed by atoms with van der Waals surface area (Å²) in [6.07, 6.45) is 3.89. The summed E-state index contributed by atoms with van der Waals surface area (Å²) in [6, 6.07) is 2.13. The molecule has 2 nitrogen and oxygen atoms in total. The van der Waals surface area contributed by atoms with E-state index in [4.69, 9.17) is 0 Å². The molecule has 1 aliphatic rings. The first kappa shape index (κ1) is 16.0. The molecule has 4 atom stereocenters. The molecule has 0 bridgehead atoms. The van der Waals surface area contributed by atoms with Gasteiger partial charge >= 0.3 is 0 Å².